The van der Waals surface area contributed by atoms with Gasteiger partial charge in [0.2, 0.25) is 0 Å². The van der Waals surface area contributed by atoms with Crippen LogP contribution in [0.3, 0.4) is 0 Å². The second-order valence-electron chi connectivity index (χ2n) is 2.91. The third-order valence-corrected chi connectivity index (χ3v) is 2.27. The van der Waals surface area contributed by atoms with E-state index in [-0.39, 0.29) is 0 Å². The first kappa shape index (κ1) is 9.03. The molecule has 0 saturated carbocycles. The Balaban J connectivity index is 2.24. The molecule has 0 bridgehead atoms. The molecule has 2 rings (SSSR count). The van der Waals surface area contributed by atoms with Crippen LogP contribution in [0.4, 0.5) is 0 Å². The third kappa shape index (κ3) is 2.03. The summed E-state index contributed by atoms with van der Waals surface area (Å²) in [6.07, 6.45) is 0. The monoisotopic (exact) mass is 197 g/mol. The summed E-state index contributed by atoms with van der Waals surface area (Å²) in [6.45, 7) is 0. The average Bonchev–Trinajstić information content (AvgIpc) is 2.23. The van der Waals surface area contributed by atoms with E-state index < -0.39 is 0 Å². The minimum Gasteiger partial charge on any atom is -0.458 e. The summed E-state index contributed by atoms with van der Waals surface area (Å²) in [6, 6.07) is 17.5. The minimum absolute atomic E-state index is 0.829. The van der Waals surface area contributed by atoms with Gasteiger partial charge in [0.1, 0.15) is 11.5 Å². The van der Waals surface area contributed by atoms with Crippen molar-refractivity contribution in [1.82, 2.24) is 0 Å². The first-order chi connectivity index (χ1) is 6.86. The molecule has 0 aliphatic rings. The summed E-state index contributed by atoms with van der Waals surface area (Å²) in [5.41, 5.74) is 0. The molecule has 0 aliphatic heterocycles. The predicted octanol–water partition coefficient (Wildman–Crippen LogP) is 2.27. The SMILES string of the molecule is [Si]c1ccccc1Oc1ccccc1. The second kappa shape index (κ2) is 4.11. The topological polar surface area (TPSA) is 9.23 Å². The lowest BCUT2D eigenvalue weighted by atomic mass is 10.3. The predicted molar refractivity (Wildman–Crippen MR) is 58.3 cm³/mol. The van der Waals surface area contributed by atoms with Gasteiger partial charge < -0.3 is 4.74 Å². The molecule has 67 valence electrons. The minimum atomic E-state index is 0.829. The summed E-state index contributed by atoms with van der Waals surface area (Å²) >= 11 is 0. The highest BCUT2D eigenvalue weighted by molar-refractivity contribution is 6.34. The van der Waals surface area contributed by atoms with Gasteiger partial charge in [0, 0.05) is 0 Å². The lowest BCUT2D eigenvalue weighted by Crippen LogP contribution is -2.05. The molecule has 0 atom stereocenters. The zero-order valence-electron chi connectivity index (χ0n) is 7.60. The molecule has 0 heterocycles. The van der Waals surface area contributed by atoms with Crippen molar-refractivity contribution in [1.29, 1.82) is 0 Å². The van der Waals surface area contributed by atoms with E-state index in [1.54, 1.807) is 0 Å². The Kier molecular flexibility index (Phi) is 2.65. The van der Waals surface area contributed by atoms with Crippen molar-refractivity contribution >= 4 is 15.4 Å². The van der Waals surface area contributed by atoms with Crippen molar-refractivity contribution in [2.45, 2.75) is 0 Å². The van der Waals surface area contributed by atoms with Gasteiger partial charge >= 0.3 is 0 Å². The summed E-state index contributed by atoms with van der Waals surface area (Å²) in [5, 5.41) is 0.955. The van der Waals surface area contributed by atoms with Crippen LogP contribution in [0.1, 0.15) is 0 Å². The van der Waals surface area contributed by atoms with E-state index in [1.165, 1.54) is 0 Å². The highest BCUT2D eigenvalue weighted by Gasteiger charge is 1.98. The second-order valence-corrected chi connectivity index (χ2v) is 3.45. The standard InChI is InChI=1S/C12H9OSi/c14-12-9-5-4-8-11(12)13-10-6-2-1-3-7-10/h1-9H. The fraction of sp³-hybridized carbons (Fsp3) is 0. The Labute approximate surface area is 86.8 Å². The average molecular weight is 197 g/mol. The van der Waals surface area contributed by atoms with Gasteiger partial charge in [-0.25, -0.2) is 0 Å². The first-order valence-corrected chi connectivity index (χ1v) is 4.90. The van der Waals surface area contributed by atoms with E-state index >= 15 is 0 Å². The van der Waals surface area contributed by atoms with Gasteiger partial charge in [-0.3, -0.25) is 0 Å². The van der Waals surface area contributed by atoms with E-state index in [1.807, 2.05) is 54.6 Å². The molecule has 2 aromatic rings. The molecule has 0 aliphatic carbocycles. The fourth-order valence-electron chi connectivity index (χ4n) is 1.17. The summed E-state index contributed by atoms with van der Waals surface area (Å²) in [4.78, 5) is 0. The molecular weight excluding hydrogens is 188 g/mol. The van der Waals surface area contributed by atoms with Gasteiger partial charge in [-0.15, -0.1) is 0 Å². The summed E-state index contributed by atoms with van der Waals surface area (Å²) < 4.78 is 5.66. The number of rotatable bonds is 2. The van der Waals surface area contributed by atoms with Gasteiger partial charge in [-0.05, 0) is 23.4 Å². The molecule has 3 radical (unpaired) electrons. The van der Waals surface area contributed by atoms with Crippen LogP contribution >= 0.6 is 0 Å². The number of hydrogen-bond acceptors (Lipinski definition) is 1. The highest BCUT2D eigenvalue weighted by atomic mass is 28.1. The Morgan fingerprint density at radius 3 is 2.14 bits per heavy atom. The van der Waals surface area contributed by atoms with Gasteiger partial charge in [-0.1, -0.05) is 36.4 Å². The first-order valence-electron chi connectivity index (χ1n) is 4.40. The van der Waals surface area contributed by atoms with Crippen LogP contribution in [-0.4, -0.2) is 10.2 Å². The Hall–Kier alpha value is -1.54. The fourth-order valence-corrected chi connectivity index (χ4v) is 1.40. The number of benzene rings is 2. The molecule has 0 saturated heterocycles. The lowest BCUT2D eigenvalue weighted by molar-refractivity contribution is 0.486. The van der Waals surface area contributed by atoms with Crippen LogP contribution in [0.2, 0.25) is 0 Å². The zero-order valence-corrected chi connectivity index (χ0v) is 8.60. The molecule has 2 heteroatoms. The molecule has 0 unspecified atom stereocenters. The summed E-state index contributed by atoms with van der Waals surface area (Å²) in [5.74, 6) is 1.67. The molecule has 0 fully saturated rings. The molecular formula is C12H9OSi. The molecule has 0 amide bonds. The normalized spacial score (nSPS) is 9.79. The van der Waals surface area contributed by atoms with E-state index in [9.17, 15) is 0 Å². The van der Waals surface area contributed by atoms with Crippen molar-refractivity contribution in [2.24, 2.45) is 0 Å². The van der Waals surface area contributed by atoms with Crippen molar-refractivity contribution in [3.63, 3.8) is 0 Å². The molecule has 0 aromatic heterocycles. The third-order valence-electron chi connectivity index (χ3n) is 1.86. The Morgan fingerprint density at radius 2 is 1.43 bits per heavy atom. The number of para-hydroxylation sites is 2. The molecule has 2 aromatic carbocycles. The van der Waals surface area contributed by atoms with Crippen LogP contribution in [0.25, 0.3) is 0 Å². The maximum absolute atomic E-state index is 5.66. The van der Waals surface area contributed by atoms with Gasteiger partial charge in [0.15, 0.2) is 0 Å². The van der Waals surface area contributed by atoms with E-state index in [2.05, 4.69) is 10.2 Å². The quantitative estimate of drug-likeness (QED) is 0.671. The van der Waals surface area contributed by atoms with E-state index in [0.29, 0.717) is 0 Å². The maximum Gasteiger partial charge on any atom is 0.127 e. The van der Waals surface area contributed by atoms with Crippen LogP contribution in [0.15, 0.2) is 54.6 Å². The largest absolute Gasteiger partial charge is 0.458 e. The van der Waals surface area contributed by atoms with Crippen molar-refractivity contribution < 1.29 is 4.74 Å². The Morgan fingerprint density at radius 1 is 0.786 bits per heavy atom. The lowest BCUT2D eigenvalue weighted by Gasteiger charge is -2.07. The van der Waals surface area contributed by atoms with Crippen LogP contribution < -0.4 is 9.92 Å². The maximum atomic E-state index is 5.66. The molecule has 0 spiro atoms. The molecule has 1 nitrogen and oxygen atoms in total. The zero-order chi connectivity index (χ0) is 9.80. The summed E-state index contributed by atoms with van der Waals surface area (Å²) in [7, 11) is 3.48. The molecule has 14 heavy (non-hydrogen) atoms. The molecule has 0 N–H and O–H groups in total. The van der Waals surface area contributed by atoms with Gasteiger partial charge in [-0.2, -0.15) is 0 Å². The van der Waals surface area contributed by atoms with Gasteiger partial charge in [0.25, 0.3) is 0 Å². The van der Waals surface area contributed by atoms with E-state index in [4.69, 9.17) is 4.74 Å². The van der Waals surface area contributed by atoms with Crippen molar-refractivity contribution in [3.8, 4) is 11.5 Å². The van der Waals surface area contributed by atoms with Crippen molar-refractivity contribution in [3.05, 3.63) is 54.6 Å². The highest BCUT2D eigenvalue weighted by Crippen LogP contribution is 2.17. The van der Waals surface area contributed by atoms with Crippen molar-refractivity contribution in [2.75, 3.05) is 0 Å². The van der Waals surface area contributed by atoms with E-state index in [0.717, 1.165) is 16.7 Å². The Bertz CT molecular complexity index is 412. The number of hydrogen-bond donors (Lipinski definition) is 0. The van der Waals surface area contributed by atoms with Crippen LogP contribution in [0.5, 0.6) is 11.5 Å². The van der Waals surface area contributed by atoms with Crippen LogP contribution in [0, 0.1) is 0 Å². The smallest absolute Gasteiger partial charge is 0.127 e. The van der Waals surface area contributed by atoms with Gasteiger partial charge in [0.05, 0.1) is 10.2 Å². The van der Waals surface area contributed by atoms with Crippen LogP contribution in [-0.2, 0) is 0 Å². The number of ether oxygens (including phenoxy) is 1.